The summed E-state index contributed by atoms with van der Waals surface area (Å²) in [6.07, 6.45) is 0.506. The molecule has 1 amide bonds. The number of aryl methyl sites for hydroxylation is 1. The molecular formula is C17H16ClN3O4S. The first-order chi connectivity index (χ1) is 12.6. The Morgan fingerprint density at radius 2 is 2.08 bits per heavy atom. The highest BCUT2D eigenvalue weighted by Crippen LogP contribution is 2.36. The minimum Gasteiger partial charge on any atom is -0.493 e. The van der Waals surface area contributed by atoms with E-state index in [1.807, 2.05) is 17.5 Å². The Kier molecular flexibility index (Phi) is 5.75. The van der Waals surface area contributed by atoms with E-state index in [1.165, 1.54) is 25.6 Å². The molecule has 3 aromatic rings. The summed E-state index contributed by atoms with van der Waals surface area (Å²) in [7, 11) is 3.03. The maximum Gasteiger partial charge on any atom is 0.227 e. The van der Waals surface area contributed by atoms with Crippen LogP contribution in [0, 0.1) is 0 Å². The first-order valence-electron chi connectivity index (χ1n) is 7.68. The van der Waals surface area contributed by atoms with Gasteiger partial charge in [-0.05, 0) is 11.4 Å². The lowest BCUT2D eigenvalue weighted by atomic mass is 10.2. The lowest BCUT2D eigenvalue weighted by Crippen LogP contribution is -2.13. The number of thiophene rings is 1. The van der Waals surface area contributed by atoms with Crippen LogP contribution in [0.1, 0.15) is 12.3 Å². The largest absolute Gasteiger partial charge is 0.493 e. The lowest BCUT2D eigenvalue weighted by Gasteiger charge is -2.12. The molecule has 1 N–H and O–H groups in total. The second-order valence-electron chi connectivity index (χ2n) is 5.22. The SMILES string of the molecule is COc1cc(Cl)c(NC(=O)CCc2nc(-c3cccs3)no2)cc1OC. The Bertz CT molecular complexity index is 896. The predicted octanol–water partition coefficient (Wildman–Crippen LogP) is 4.04. The number of hydrogen-bond acceptors (Lipinski definition) is 7. The van der Waals surface area contributed by atoms with Gasteiger partial charge in [0.2, 0.25) is 17.6 Å². The summed E-state index contributed by atoms with van der Waals surface area (Å²) in [6.45, 7) is 0. The van der Waals surface area contributed by atoms with E-state index in [2.05, 4.69) is 15.5 Å². The molecular weight excluding hydrogens is 378 g/mol. The molecule has 0 unspecified atom stereocenters. The molecule has 7 nitrogen and oxygen atoms in total. The maximum absolute atomic E-state index is 12.2. The quantitative estimate of drug-likeness (QED) is 0.651. The van der Waals surface area contributed by atoms with Crippen molar-refractivity contribution in [1.82, 2.24) is 10.1 Å². The van der Waals surface area contributed by atoms with Crippen molar-refractivity contribution in [3.63, 3.8) is 0 Å². The van der Waals surface area contributed by atoms with Crippen LogP contribution in [-0.4, -0.2) is 30.3 Å². The Labute approximate surface area is 158 Å². The number of amides is 1. The molecule has 1 aromatic carbocycles. The number of benzene rings is 1. The molecule has 2 heterocycles. The Morgan fingerprint density at radius 3 is 2.77 bits per heavy atom. The van der Waals surface area contributed by atoms with Gasteiger partial charge in [0.05, 0.1) is 29.8 Å². The molecule has 0 fully saturated rings. The zero-order valence-corrected chi connectivity index (χ0v) is 15.7. The van der Waals surface area contributed by atoms with Crippen molar-refractivity contribution in [3.05, 3.63) is 40.6 Å². The predicted molar refractivity (Wildman–Crippen MR) is 99.1 cm³/mol. The van der Waals surface area contributed by atoms with Crippen LogP contribution in [0.2, 0.25) is 5.02 Å². The van der Waals surface area contributed by atoms with E-state index in [0.717, 1.165) is 4.88 Å². The van der Waals surface area contributed by atoms with Crippen LogP contribution < -0.4 is 14.8 Å². The van der Waals surface area contributed by atoms with E-state index in [4.69, 9.17) is 25.6 Å². The van der Waals surface area contributed by atoms with Crippen LogP contribution in [0.3, 0.4) is 0 Å². The van der Waals surface area contributed by atoms with Crippen molar-refractivity contribution in [2.24, 2.45) is 0 Å². The maximum atomic E-state index is 12.2. The van der Waals surface area contributed by atoms with Gasteiger partial charge in [0, 0.05) is 25.0 Å². The molecule has 2 aromatic heterocycles. The summed E-state index contributed by atoms with van der Waals surface area (Å²) < 4.78 is 15.6. The van der Waals surface area contributed by atoms with Gasteiger partial charge in [-0.1, -0.05) is 22.8 Å². The fraction of sp³-hybridized carbons (Fsp3) is 0.235. The van der Waals surface area contributed by atoms with Crippen LogP contribution in [0.25, 0.3) is 10.7 Å². The molecule has 0 aliphatic heterocycles. The number of anilines is 1. The second-order valence-corrected chi connectivity index (χ2v) is 6.58. The molecule has 26 heavy (non-hydrogen) atoms. The minimum absolute atomic E-state index is 0.177. The van der Waals surface area contributed by atoms with Gasteiger partial charge in [-0.2, -0.15) is 4.98 Å². The van der Waals surface area contributed by atoms with Gasteiger partial charge in [0.1, 0.15) is 0 Å². The number of halogens is 1. The van der Waals surface area contributed by atoms with Crippen LogP contribution in [0.15, 0.2) is 34.2 Å². The molecule has 0 aliphatic rings. The molecule has 0 spiro atoms. The van der Waals surface area contributed by atoms with Crippen molar-refractivity contribution in [3.8, 4) is 22.2 Å². The fourth-order valence-corrected chi connectivity index (χ4v) is 3.10. The van der Waals surface area contributed by atoms with Crippen LogP contribution in [0.5, 0.6) is 11.5 Å². The van der Waals surface area contributed by atoms with Crippen LogP contribution >= 0.6 is 22.9 Å². The lowest BCUT2D eigenvalue weighted by molar-refractivity contribution is -0.116. The average Bonchev–Trinajstić information content (AvgIpc) is 3.32. The summed E-state index contributed by atoms with van der Waals surface area (Å²) in [6, 6.07) is 7.02. The number of ether oxygens (including phenoxy) is 2. The van der Waals surface area contributed by atoms with E-state index in [1.54, 1.807) is 12.1 Å². The number of methoxy groups -OCH3 is 2. The molecule has 136 valence electrons. The smallest absolute Gasteiger partial charge is 0.227 e. The molecule has 9 heteroatoms. The molecule has 0 saturated heterocycles. The van der Waals surface area contributed by atoms with Gasteiger partial charge < -0.3 is 19.3 Å². The van der Waals surface area contributed by atoms with Crippen molar-refractivity contribution >= 4 is 34.5 Å². The number of rotatable bonds is 7. The highest BCUT2D eigenvalue weighted by Gasteiger charge is 2.14. The third-order valence-electron chi connectivity index (χ3n) is 3.52. The number of nitrogens with zero attached hydrogens (tertiary/aromatic N) is 2. The molecule has 3 rings (SSSR count). The summed E-state index contributed by atoms with van der Waals surface area (Å²) in [5.41, 5.74) is 0.444. The number of aromatic nitrogens is 2. The first kappa shape index (κ1) is 18.2. The molecule has 0 bridgehead atoms. The van der Waals surface area contributed by atoms with E-state index < -0.39 is 0 Å². The van der Waals surface area contributed by atoms with E-state index in [9.17, 15) is 4.79 Å². The van der Waals surface area contributed by atoms with Gasteiger partial charge in [0.15, 0.2) is 11.5 Å². The first-order valence-corrected chi connectivity index (χ1v) is 8.94. The summed E-state index contributed by atoms with van der Waals surface area (Å²) in [4.78, 5) is 17.4. The van der Waals surface area contributed by atoms with Gasteiger partial charge in [0.25, 0.3) is 0 Å². The Balaban J connectivity index is 1.61. The van der Waals surface area contributed by atoms with E-state index in [0.29, 0.717) is 40.3 Å². The van der Waals surface area contributed by atoms with Crippen molar-refractivity contribution in [1.29, 1.82) is 0 Å². The number of nitrogens with one attached hydrogen (secondary N) is 1. The van der Waals surface area contributed by atoms with Crippen LogP contribution in [-0.2, 0) is 11.2 Å². The summed E-state index contributed by atoms with van der Waals surface area (Å²) >= 11 is 7.69. The Morgan fingerprint density at radius 1 is 1.31 bits per heavy atom. The molecule has 0 aliphatic carbocycles. The van der Waals surface area contributed by atoms with Gasteiger partial charge >= 0.3 is 0 Å². The summed E-state index contributed by atoms with van der Waals surface area (Å²) in [5.74, 6) is 1.67. The zero-order valence-electron chi connectivity index (χ0n) is 14.1. The molecule has 0 radical (unpaired) electrons. The number of carbonyl (C=O) groups excluding carboxylic acids is 1. The monoisotopic (exact) mass is 393 g/mol. The Hall–Kier alpha value is -2.58. The highest BCUT2D eigenvalue weighted by molar-refractivity contribution is 7.13. The van der Waals surface area contributed by atoms with Crippen molar-refractivity contribution in [2.75, 3.05) is 19.5 Å². The number of hydrogen-bond donors (Lipinski definition) is 1. The second kappa shape index (κ2) is 8.20. The number of carbonyl (C=O) groups is 1. The minimum atomic E-state index is -0.227. The van der Waals surface area contributed by atoms with Gasteiger partial charge in [-0.25, -0.2) is 0 Å². The third kappa shape index (κ3) is 4.14. The standard InChI is InChI=1S/C17H16ClN3O4S/c1-23-12-8-10(18)11(9-13(12)24-2)19-15(22)5-6-16-20-17(21-25-16)14-4-3-7-26-14/h3-4,7-9H,5-6H2,1-2H3,(H,19,22). The zero-order chi connectivity index (χ0) is 18.5. The fourth-order valence-electron chi connectivity index (χ4n) is 2.25. The van der Waals surface area contributed by atoms with Gasteiger partial charge in [-0.3, -0.25) is 4.79 Å². The normalized spacial score (nSPS) is 10.6. The van der Waals surface area contributed by atoms with Crippen molar-refractivity contribution < 1.29 is 18.8 Å². The molecule has 0 atom stereocenters. The van der Waals surface area contributed by atoms with Crippen LogP contribution in [0.4, 0.5) is 5.69 Å². The topological polar surface area (TPSA) is 86.5 Å². The third-order valence-corrected chi connectivity index (χ3v) is 4.70. The molecule has 0 saturated carbocycles. The van der Waals surface area contributed by atoms with E-state index >= 15 is 0 Å². The van der Waals surface area contributed by atoms with Crippen molar-refractivity contribution in [2.45, 2.75) is 12.8 Å². The average molecular weight is 394 g/mol. The summed E-state index contributed by atoms with van der Waals surface area (Å²) in [5, 5.41) is 8.96. The highest BCUT2D eigenvalue weighted by atomic mass is 35.5. The van der Waals surface area contributed by atoms with Gasteiger partial charge in [-0.15, -0.1) is 11.3 Å². The van der Waals surface area contributed by atoms with E-state index in [-0.39, 0.29) is 12.3 Å².